The standard InChI is InChI=1S/C19H23N5O4S/c1-23(2)29(27,28)15-7-5-6-14(12-15)21-18(26)13-24-17-9-4-3-8-16(17)22-19(24)20-10-11-25/h3-9,12,25H,10-11,13H2,1-2H3,(H,20,22)(H,21,26). The van der Waals surface area contributed by atoms with Gasteiger partial charge in [0.2, 0.25) is 21.9 Å². The molecular formula is C19H23N5O4S. The first kappa shape index (κ1) is 20.8. The highest BCUT2D eigenvalue weighted by atomic mass is 32.2. The van der Waals surface area contributed by atoms with Crippen LogP contribution in [-0.2, 0) is 21.4 Å². The second-order valence-electron chi connectivity index (χ2n) is 6.52. The van der Waals surface area contributed by atoms with Gasteiger partial charge in [-0.3, -0.25) is 4.79 Å². The van der Waals surface area contributed by atoms with Gasteiger partial charge in [-0.2, -0.15) is 0 Å². The lowest BCUT2D eigenvalue weighted by Crippen LogP contribution is -2.23. The predicted molar refractivity (Wildman–Crippen MR) is 111 cm³/mol. The summed E-state index contributed by atoms with van der Waals surface area (Å²) in [6.45, 7) is 0.205. The Hall–Kier alpha value is -2.95. The minimum atomic E-state index is -3.60. The van der Waals surface area contributed by atoms with E-state index in [1.807, 2.05) is 24.3 Å². The van der Waals surface area contributed by atoms with Gasteiger partial charge in [-0.1, -0.05) is 18.2 Å². The van der Waals surface area contributed by atoms with Crippen molar-refractivity contribution < 1.29 is 18.3 Å². The van der Waals surface area contributed by atoms with Gasteiger partial charge in [0.15, 0.2) is 0 Å². The first-order valence-corrected chi connectivity index (χ1v) is 10.4. The summed E-state index contributed by atoms with van der Waals surface area (Å²) < 4.78 is 27.4. The molecule has 0 saturated heterocycles. The quantitative estimate of drug-likeness (QED) is 0.509. The van der Waals surface area contributed by atoms with Crippen LogP contribution in [0.3, 0.4) is 0 Å². The van der Waals surface area contributed by atoms with Crippen LogP contribution in [0.5, 0.6) is 0 Å². The van der Waals surface area contributed by atoms with Crippen molar-refractivity contribution in [3.05, 3.63) is 48.5 Å². The van der Waals surface area contributed by atoms with Gasteiger partial charge in [0.25, 0.3) is 0 Å². The SMILES string of the molecule is CN(C)S(=O)(=O)c1cccc(NC(=O)Cn2c(NCCO)nc3ccccc32)c1. The zero-order chi connectivity index (χ0) is 21.0. The summed E-state index contributed by atoms with van der Waals surface area (Å²) in [6.07, 6.45) is 0. The van der Waals surface area contributed by atoms with Gasteiger partial charge in [-0.05, 0) is 30.3 Å². The highest BCUT2D eigenvalue weighted by Crippen LogP contribution is 2.21. The lowest BCUT2D eigenvalue weighted by atomic mass is 10.3. The van der Waals surface area contributed by atoms with Crippen molar-refractivity contribution in [2.75, 3.05) is 37.9 Å². The molecule has 1 amide bonds. The maximum Gasteiger partial charge on any atom is 0.244 e. The molecule has 0 saturated carbocycles. The van der Waals surface area contributed by atoms with Crippen molar-refractivity contribution >= 4 is 38.6 Å². The number of hydrogen-bond donors (Lipinski definition) is 3. The first-order valence-electron chi connectivity index (χ1n) is 8.95. The van der Waals surface area contributed by atoms with E-state index in [-0.39, 0.29) is 24.0 Å². The fourth-order valence-electron chi connectivity index (χ4n) is 2.83. The number of hydrogen-bond acceptors (Lipinski definition) is 6. The molecule has 0 aliphatic heterocycles. The van der Waals surface area contributed by atoms with Gasteiger partial charge in [-0.15, -0.1) is 0 Å². The molecule has 0 spiro atoms. The van der Waals surface area contributed by atoms with Gasteiger partial charge in [0, 0.05) is 26.3 Å². The predicted octanol–water partition coefficient (Wildman–Crippen LogP) is 1.33. The molecule has 0 aliphatic rings. The van der Waals surface area contributed by atoms with Crippen LogP contribution in [0.15, 0.2) is 53.4 Å². The van der Waals surface area contributed by atoms with E-state index < -0.39 is 10.0 Å². The Morgan fingerprint density at radius 3 is 2.66 bits per heavy atom. The van der Waals surface area contributed by atoms with Gasteiger partial charge < -0.3 is 20.3 Å². The van der Waals surface area contributed by atoms with Crippen LogP contribution in [0.1, 0.15) is 0 Å². The first-order chi connectivity index (χ1) is 13.8. The lowest BCUT2D eigenvalue weighted by Gasteiger charge is -2.13. The second-order valence-corrected chi connectivity index (χ2v) is 8.68. The number of nitrogens with one attached hydrogen (secondary N) is 2. The highest BCUT2D eigenvalue weighted by molar-refractivity contribution is 7.89. The molecule has 2 aromatic carbocycles. The maximum atomic E-state index is 12.6. The Bertz CT molecular complexity index is 1120. The molecule has 1 heterocycles. The Balaban J connectivity index is 1.83. The Kier molecular flexibility index (Phi) is 6.16. The monoisotopic (exact) mass is 417 g/mol. The number of anilines is 2. The van der Waals surface area contributed by atoms with Crippen molar-refractivity contribution in [1.82, 2.24) is 13.9 Å². The third kappa shape index (κ3) is 4.56. The third-order valence-electron chi connectivity index (χ3n) is 4.25. The fourth-order valence-corrected chi connectivity index (χ4v) is 3.78. The molecular weight excluding hydrogens is 394 g/mol. The smallest absolute Gasteiger partial charge is 0.244 e. The van der Waals surface area contributed by atoms with E-state index in [0.29, 0.717) is 18.2 Å². The molecule has 3 N–H and O–H groups in total. The minimum absolute atomic E-state index is 0.0288. The topological polar surface area (TPSA) is 117 Å². The van der Waals surface area contributed by atoms with Crippen molar-refractivity contribution in [1.29, 1.82) is 0 Å². The van der Waals surface area contributed by atoms with Crippen molar-refractivity contribution in [3.8, 4) is 0 Å². The Morgan fingerprint density at radius 2 is 1.93 bits per heavy atom. The Labute approximate surface area is 169 Å². The van der Waals surface area contributed by atoms with Crippen LogP contribution < -0.4 is 10.6 Å². The summed E-state index contributed by atoms with van der Waals surface area (Å²) in [4.78, 5) is 17.2. The molecule has 1 aromatic heterocycles. The van der Waals surface area contributed by atoms with Gasteiger partial charge in [0.05, 0.1) is 22.5 Å². The number of carbonyl (C=O) groups excluding carboxylic acids is 1. The van der Waals surface area contributed by atoms with Gasteiger partial charge in [0.1, 0.15) is 6.54 Å². The molecule has 3 rings (SSSR count). The minimum Gasteiger partial charge on any atom is -0.395 e. The second kappa shape index (κ2) is 8.60. The summed E-state index contributed by atoms with van der Waals surface area (Å²) >= 11 is 0. The van der Waals surface area contributed by atoms with E-state index in [9.17, 15) is 13.2 Å². The van der Waals surface area contributed by atoms with E-state index in [2.05, 4.69) is 15.6 Å². The number of aliphatic hydroxyl groups excluding tert-OH is 1. The number of carbonyl (C=O) groups is 1. The normalized spacial score (nSPS) is 11.7. The van der Waals surface area contributed by atoms with Crippen molar-refractivity contribution in [2.45, 2.75) is 11.4 Å². The number of imidazole rings is 1. The third-order valence-corrected chi connectivity index (χ3v) is 6.06. The number of benzene rings is 2. The molecule has 10 heteroatoms. The number of aromatic nitrogens is 2. The average Bonchev–Trinajstić information content (AvgIpc) is 3.03. The van der Waals surface area contributed by atoms with Crippen LogP contribution in [0.4, 0.5) is 11.6 Å². The summed E-state index contributed by atoms with van der Waals surface area (Å²) in [5, 5.41) is 14.8. The van der Waals surface area contributed by atoms with E-state index in [1.54, 1.807) is 16.7 Å². The van der Waals surface area contributed by atoms with Crippen molar-refractivity contribution in [2.24, 2.45) is 0 Å². The fraction of sp³-hybridized carbons (Fsp3) is 0.263. The van der Waals surface area contributed by atoms with Crippen LogP contribution in [-0.4, -0.2) is 60.5 Å². The number of para-hydroxylation sites is 2. The molecule has 3 aromatic rings. The molecule has 0 aliphatic carbocycles. The molecule has 29 heavy (non-hydrogen) atoms. The average molecular weight is 417 g/mol. The van der Waals surface area contributed by atoms with Crippen molar-refractivity contribution in [3.63, 3.8) is 0 Å². The van der Waals surface area contributed by atoms with Crippen LogP contribution in [0.25, 0.3) is 11.0 Å². The van der Waals surface area contributed by atoms with E-state index >= 15 is 0 Å². The molecule has 154 valence electrons. The van der Waals surface area contributed by atoms with Crippen LogP contribution in [0, 0.1) is 0 Å². The number of sulfonamides is 1. The molecule has 0 bridgehead atoms. The number of aliphatic hydroxyl groups is 1. The molecule has 0 atom stereocenters. The molecule has 9 nitrogen and oxygen atoms in total. The van der Waals surface area contributed by atoms with E-state index in [0.717, 1.165) is 15.3 Å². The molecule has 0 radical (unpaired) electrons. The largest absolute Gasteiger partial charge is 0.395 e. The summed E-state index contributed by atoms with van der Waals surface area (Å²) in [6, 6.07) is 13.5. The summed E-state index contributed by atoms with van der Waals surface area (Å²) in [5.41, 5.74) is 1.87. The lowest BCUT2D eigenvalue weighted by molar-refractivity contribution is -0.116. The number of rotatable bonds is 8. The summed E-state index contributed by atoms with van der Waals surface area (Å²) in [7, 11) is -0.698. The highest BCUT2D eigenvalue weighted by Gasteiger charge is 2.18. The van der Waals surface area contributed by atoms with Crippen LogP contribution in [0.2, 0.25) is 0 Å². The van der Waals surface area contributed by atoms with E-state index in [4.69, 9.17) is 5.11 Å². The maximum absolute atomic E-state index is 12.6. The summed E-state index contributed by atoms with van der Waals surface area (Å²) in [5.74, 6) is 0.138. The number of nitrogens with zero attached hydrogens (tertiary/aromatic N) is 3. The van der Waals surface area contributed by atoms with Gasteiger partial charge in [-0.25, -0.2) is 17.7 Å². The Morgan fingerprint density at radius 1 is 1.17 bits per heavy atom. The zero-order valence-electron chi connectivity index (χ0n) is 16.2. The van der Waals surface area contributed by atoms with Crippen LogP contribution >= 0.6 is 0 Å². The van der Waals surface area contributed by atoms with Gasteiger partial charge >= 0.3 is 0 Å². The van der Waals surface area contributed by atoms with E-state index in [1.165, 1.54) is 26.2 Å². The number of amides is 1. The molecule has 0 unspecified atom stereocenters. The number of fused-ring (bicyclic) bond motifs is 1. The molecule has 0 fully saturated rings. The zero-order valence-corrected chi connectivity index (χ0v) is 17.0.